The van der Waals surface area contributed by atoms with Gasteiger partial charge in [-0.3, -0.25) is 9.88 Å². The van der Waals surface area contributed by atoms with Gasteiger partial charge in [-0.2, -0.15) is 0 Å². The molecule has 0 radical (unpaired) electrons. The molecule has 34 heavy (non-hydrogen) atoms. The van der Waals surface area contributed by atoms with Crippen molar-refractivity contribution >= 4 is 23.7 Å². The second-order valence-electron chi connectivity index (χ2n) is 8.07. The number of carbonyl (C=O) groups excluding carboxylic acids is 1. The van der Waals surface area contributed by atoms with E-state index in [-0.39, 0.29) is 6.54 Å². The van der Waals surface area contributed by atoms with Crippen LogP contribution in [0.5, 0.6) is 0 Å². The predicted molar refractivity (Wildman–Crippen MR) is 117 cm³/mol. The Morgan fingerprint density at radius 2 is 2.18 bits per heavy atom. The van der Waals surface area contributed by atoms with E-state index in [1.165, 1.54) is 17.2 Å². The Bertz CT molecular complexity index is 1180. The number of carbonyl (C=O) groups is 1. The van der Waals surface area contributed by atoms with Gasteiger partial charge < -0.3 is 19.8 Å². The van der Waals surface area contributed by atoms with Crippen LogP contribution in [0.1, 0.15) is 12.1 Å². The standard InChI is InChI=1S/C22H22FN6O5/c23-17-7-14(29-11-15(33-22(29)32)10-28-6-5-25-27-28)2-3-16(17)13-1-4-18(24-9-13)19-8-21(34-26-19)20(31)12-30/h1-4,6-7,9,15,20-21,30-31H,5,8,10-12H2/q+1/t15-,20-,21-/m0/s1. The van der Waals surface area contributed by atoms with Gasteiger partial charge in [0.15, 0.2) is 18.8 Å². The number of amides is 1. The molecule has 0 saturated carbocycles. The minimum absolute atomic E-state index is 0.282. The molecule has 0 aliphatic carbocycles. The zero-order valence-corrected chi connectivity index (χ0v) is 18.0. The van der Waals surface area contributed by atoms with Gasteiger partial charge in [0.25, 0.3) is 0 Å². The lowest BCUT2D eigenvalue weighted by molar-refractivity contribution is -0.538. The number of hydrogen-bond acceptors (Lipinski definition) is 9. The molecule has 2 N–H and O–H groups in total. The van der Waals surface area contributed by atoms with E-state index in [2.05, 4.69) is 20.5 Å². The molecule has 0 bridgehead atoms. The lowest BCUT2D eigenvalue weighted by atomic mass is 10.0. The Morgan fingerprint density at radius 3 is 2.88 bits per heavy atom. The van der Waals surface area contributed by atoms with Gasteiger partial charge >= 0.3 is 6.09 Å². The first-order chi connectivity index (χ1) is 16.5. The van der Waals surface area contributed by atoms with E-state index >= 15 is 0 Å². The summed E-state index contributed by atoms with van der Waals surface area (Å²) in [5, 5.41) is 30.4. The SMILES string of the molecule is O=C1O[C@@H](C[N+]2=CCN=N2)CN1c1ccc(-c2ccc(C3=NO[C@H]([C@@H](O)CO)C3)nc2)c(F)c1. The molecule has 1 aromatic carbocycles. The molecular formula is C22H22FN6O5+. The highest BCUT2D eigenvalue weighted by Crippen LogP contribution is 2.29. The van der Waals surface area contributed by atoms with Gasteiger partial charge in [-0.25, -0.2) is 9.18 Å². The van der Waals surface area contributed by atoms with Crippen molar-refractivity contribution in [3.63, 3.8) is 0 Å². The zero-order chi connectivity index (χ0) is 23.7. The highest BCUT2D eigenvalue weighted by molar-refractivity contribution is 5.99. The first kappa shape index (κ1) is 22.0. The van der Waals surface area contributed by atoms with E-state index in [4.69, 9.17) is 14.7 Å². The summed E-state index contributed by atoms with van der Waals surface area (Å²) in [6.45, 7) is 0.750. The van der Waals surface area contributed by atoms with Gasteiger partial charge in [0, 0.05) is 28.9 Å². The van der Waals surface area contributed by atoms with E-state index in [0.717, 1.165) is 0 Å². The predicted octanol–water partition coefficient (Wildman–Crippen LogP) is 1.52. The number of aromatic nitrogens is 1. The van der Waals surface area contributed by atoms with Gasteiger partial charge in [-0.15, -0.1) is 4.68 Å². The summed E-state index contributed by atoms with van der Waals surface area (Å²) in [5.74, 6) is -0.502. The molecule has 3 aliphatic rings. The molecular weight excluding hydrogens is 447 g/mol. The van der Waals surface area contributed by atoms with Gasteiger partial charge in [0.1, 0.15) is 29.1 Å². The second-order valence-corrected chi connectivity index (χ2v) is 8.07. The summed E-state index contributed by atoms with van der Waals surface area (Å²) in [7, 11) is 0. The van der Waals surface area contributed by atoms with E-state index in [1.807, 2.05) is 0 Å². The summed E-state index contributed by atoms with van der Waals surface area (Å²) < 4.78 is 22.0. The van der Waals surface area contributed by atoms with Gasteiger partial charge in [0.2, 0.25) is 6.54 Å². The molecule has 5 rings (SSSR count). The topological polar surface area (TPSA) is 132 Å². The van der Waals surface area contributed by atoms with Crippen molar-refractivity contribution in [2.24, 2.45) is 15.5 Å². The third kappa shape index (κ3) is 4.37. The Balaban J connectivity index is 1.27. The maximum absolute atomic E-state index is 15.0. The minimum atomic E-state index is -1.03. The number of nitrogens with zero attached hydrogens (tertiary/aromatic N) is 6. The molecule has 1 amide bonds. The lowest BCUT2D eigenvalue weighted by Crippen LogP contribution is -2.29. The van der Waals surface area contributed by atoms with Gasteiger partial charge in [-0.05, 0) is 24.3 Å². The van der Waals surface area contributed by atoms with Crippen molar-refractivity contribution in [3.8, 4) is 11.1 Å². The van der Waals surface area contributed by atoms with Crippen LogP contribution < -0.4 is 4.90 Å². The fraction of sp³-hybridized carbons (Fsp3) is 0.364. The highest BCUT2D eigenvalue weighted by atomic mass is 19.1. The molecule has 0 unspecified atom stereocenters. The first-order valence-electron chi connectivity index (χ1n) is 10.8. The fourth-order valence-corrected chi connectivity index (χ4v) is 3.93. The monoisotopic (exact) mass is 469 g/mol. The van der Waals surface area contributed by atoms with Crippen LogP contribution in [0, 0.1) is 5.82 Å². The normalized spacial score (nSPS) is 22.4. The third-order valence-electron chi connectivity index (χ3n) is 5.76. The largest absolute Gasteiger partial charge is 0.440 e. The third-order valence-corrected chi connectivity index (χ3v) is 5.76. The van der Waals surface area contributed by atoms with Crippen LogP contribution in [-0.4, -0.2) is 82.5 Å². The van der Waals surface area contributed by atoms with Gasteiger partial charge in [-0.1, -0.05) is 11.2 Å². The average molecular weight is 469 g/mol. The maximum Gasteiger partial charge on any atom is 0.414 e. The van der Waals surface area contributed by atoms with Crippen LogP contribution in [0.3, 0.4) is 0 Å². The van der Waals surface area contributed by atoms with Crippen molar-refractivity contribution in [1.29, 1.82) is 0 Å². The van der Waals surface area contributed by atoms with Gasteiger partial charge in [0.05, 0.1) is 24.5 Å². The highest BCUT2D eigenvalue weighted by Gasteiger charge is 2.35. The van der Waals surface area contributed by atoms with E-state index < -0.39 is 36.8 Å². The van der Waals surface area contributed by atoms with Crippen molar-refractivity contribution in [2.45, 2.75) is 24.7 Å². The number of ether oxygens (including phenoxy) is 1. The summed E-state index contributed by atoms with van der Waals surface area (Å²) in [5.41, 5.74) is 2.36. The maximum atomic E-state index is 15.0. The van der Waals surface area contributed by atoms with Crippen LogP contribution in [0.4, 0.5) is 14.9 Å². The molecule has 2 aromatic rings. The Labute approximate surface area is 193 Å². The molecule has 176 valence electrons. The Morgan fingerprint density at radius 1 is 1.29 bits per heavy atom. The number of aliphatic hydroxyl groups excluding tert-OH is 2. The number of halogens is 1. The Kier molecular flexibility index (Phi) is 5.99. The van der Waals surface area contributed by atoms with E-state index in [0.29, 0.717) is 47.7 Å². The molecule has 3 aliphatic heterocycles. The number of oxime groups is 1. The number of rotatable bonds is 7. The quantitative estimate of drug-likeness (QED) is 0.591. The molecule has 1 fully saturated rings. The number of aliphatic hydroxyl groups is 2. The van der Waals surface area contributed by atoms with Crippen molar-refractivity contribution < 1.29 is 33.7 Å². The number of benzene rings is 1. The lowest BCUT2D eigenvalue weighted by Gasteiger charge is -2.14. The number of cyclic esters (lactones) is 1. The van der Waals surface area contributed by atoms with E-state index in [1.54, 1.807) is 35.2 Å². The van der Waals surface area contributed by atoms with E-state index in [9.17, 15) is 14.3 Å². The number of pyridine rings is 1. The molecule has 0 spiro atoms. The number of hydrogen-bond donors (Lipinski definition) is 2. The summed E-state index contributed by atoms with van der Waals surface area (Å²) >= 11 is 0. The molecule has 4 heterocycles. The number of anilines is 1. The van der Waals surface area contributed by atoms with Crippen molar-refractivity contribution in [3.05, 3.63) is 48.0 Å². The molecule has 1 saturated heterocycles. The molecule has 11 nitrogen and oxygen atoms in total. The molecule has 1 aromatic heterocycles. The summed E-state index contributed by atoms with van der Waals surface area (Å²) in [4.78, 5) is 23.2. The molecule has 3 atom stereocenters. The van der Waals surface area contributed by atoms with Crippen LogP contribution >= 0.6 is 0 Å². The second kappa shape index (κ2) is 9.23. The minimum Gasteiger partial charge on any atom is -0.440 e. The fourth-order valence-electron chi connectivity index (χ4n) is 3.93. The van der Waals surface area contributed by atoms with Crippen molar-refractivity contribution in [1.82, 2.24) is 4.98 Å². The van der Waals surface area contributed by atoms with Crippen molar-refractivity contribution in [2.75, 3.05) is 31.1 Å². The smallest absolute Gasteiger partial charge is 0.414 e. The average Bonchev–Trinajstić information content (AvgIpc) is 3.61. The first-order valence-corrected chi connectivity index (χ1v) is 10.8. The van der Waals surface area contributed by atoms with Crippen LogP contribution in [0.25, 0.3) is 11.1 Å². The Hall–Kier alpha value is -3.77. The molecule has 12 heteroatoms. The van der Waals surface area contributed by atoms with Crippen LogP contribution in [0.2, 0.25) is 0 Å². The van der Waals surface area contributed by atoms with Crippen LogP contribution in [0.15, 0.2) is 52.0 Å². The zero-order valence-electron chi connectivity index (χ0n) is 18.0. The summed E-state index contributed by atoms with van der Waals surface area (Å²) in [6, 6.07) is 7.94. The summed E-state index contributed by atoms with van der Waals surface area (Å²) in [6.07, 6.45) is 1.04. The van der Waals surface area contributed by atoms with Crippen LogP contribution in [-0.2, 0) is 9.57 Å².